The molecule has 0 unspecified atom stereocenters. The van der Waals surface area contributed by atoms with Crippen LogP contribution in [0, 0.1) is 0 Å². The van der Waals surface area contributed by atoms with Crippen molar-refractivity contribution >= 4 is 28.4 Å². The molecule has 0 radical (unpaired) electrons. The first-order valence-corrected chi connectivity index (χ1v) is 11.9. The fourth-order valence-corrected chi connectivity index (χ4v) is 4.69. The number of pyridine rings is 1. The Kier molecular flexibility index (Phi) is 6.47. The number of halogens is 1. The quantitative estimate of drug-likeness (QED) is 0.489. The molecule has 0 spiro atoms. The van der Waals surface area contributed by atoms with Gasteiger partial charge >= 0.3 is 0 Å². The lowest BCUT2D eigenvalue weighted by Crippen LogP contribution is -2.29. The van der Waals surface area contributed by atoms with Crippen molar-refractivity contribution < 1.29 is 4.74 Å². The van der Waals surface area contributed by atoms with Crippen molar-refractivity contribution in [3.63, 3.8) is 0 Å². The van der Waals surface area contributed by atoms with E-state index in [1.807, 2.05) is 31.4 Å². The maximum atomic E-state index is 6.10. The zero-order chi connectivity index (χ0) is 22.6. The Hall–Kier alpha value is -3.08. The number of rotatable bonds is 5. The highest BCUT2D eigenvalue weighted by molar-refractivity contribution is 6.30. The van der Waals surface area contributed by atoms with Crippen LogP contribution in [-0.4, -0.2) is 36.6 Å². The van der Waals surface area contributed by atoms with E-state index in [4.69, 9.17) is 16.3 Å². The molecule has 1 N–H and O–H groups in total. The summed E-state index contributed by atoms with van der Waals surface area (Å²) >= 11 is 6.04. The molecular weight excluding hydrogens is 430 g/mol. The fraction of sp³-hybridized carbons (Fsp3) is 0.250. The predicted molar refractivity (Wildman–Crippen MR) is 137 cm³/mol. The van der Waals surface area contributed by atoms with E-state index < -0.39 is 0 Å². The van der Waals surface area contributed by atoms with E-state index in [0.29, 0.717) is 6.61 Å². The van der Waals surface area contributed by atoms with Crippen LogP contribution >= 0.6 is 11.6 Å². The average Bonchev–Trinajstić information content (AvgIpc) is 3.02. The van der Waals surface area contributed by atoms with E-state index in [9.17, 15) is 0 Å². The molecule has 0 saturated carbocycles. The molecule has 1 aromatic heterocycles. The molecule has 168 valence electrons. The summed E-state index contributed by atoms with van der Waals surface area (Å²) in [6.45, 7) is 3.55. The first kappa shape index (κ1) is 21.7. The Morgan fingerprint density at radius 2 is 2.00 bits per heavy atom. The van der Waals surface area contributed by atoms with Gasteiger partial charge in [0.2, 0.25) is 0 Å². The normalized spacial score (nSPS) is 16.9. The van der Waals surface area contributed by atoms with Crippen molar-refractivity contribution in [2.75, 3.05) is 32.0 Å². The number of benzene rings is 2. The summed E-state index contributed by atoms with van der Waals surface area (Å²) in [5, 5.41) is 4.04. The molecular formula is C28H28ClN3O. The smallest absolute Gasteiger partial charge is 0.131 e. The summed E-state index contributed by atoms with van der Waals surface area (Å²) in [5.74, 6) is 0.909. The molecule has 0 amide bonds. The lowest BCUT2D eigenvalue weighted by Gasteiger charge is -2.26. The molecule has 0 atom stereocenters. The number of nitrogens with zero attached hydrogens (tertiary/aromatic N) is 2. The van der Waals surface area contributed by atoms with Crippen LogP contribution < -0.4 is 10.1 Å². The fourth-order valence-electron chi connectivity index (χ4n) is 4.56. The van der Waals surface area contributed by atoms with Crippen LogP contribution in [0.2, 0.25) is 5.02 Å². The lowest BCUT2D eigenvalue weighted by atomic mass is 9.95. The number of nitrogens with one attached hydrogen (secondary N) is 1. The molecule has 3 heterocycles. The van der Waals surface area contributed by atoms with Crippen LogP contribution in [0.15, 0.2) is 72.9 Å². The van der Waals surface area contributed by atoms with Gasteiger partial charge in [-0.3, -0.25) is 9.88 Å². The zero-order valence-electron chi connectivity index (χ0n) is 18.9. The van der Waals surface area contributed by atoms with Gasteiger partial charge in [-0.05, 0) is 65.9 Å². The third-order valence-electron chi connectivity index (χ3n) is 6.41. The monoisotopic (exact) mass is 457 g/mol. The van der Waals surface area contributed by atoms with Gasteiger partial charge in [-0.2, -0.15) is 0 Å². The first-order valence-electron chi connectivity index (χ1n) is 11.5. The molecule has 2 aliphatic rings. The molecule has 3 aromatic rings. The van der Waals surface area contributed by atoms with Gasteiger partial charge in [-0.15, -0.1) is 0 Å². The minimum absolute atomic E-state index is 0.490. The topological polar surface area (TPSA) is 37.4 Å². The highest BCUT2D eigenvalue weighted by atomic mass is 35.5. The minimum Gasteiger partial charge on any atom is -0.487 e. The highest BCUT2D eigenvalue weighted by Crippen LogP contribution is 2.38. The van der Waals surface area contributed by atoms with Crippen molar-refractivity contribution in [1.29, 1.82) is 0 Å². The van der Waals surface area contributed by atoms with Crippen LogP contribution in [0.1, 0.15) is 35.2 Å². The molecule has 2 aliphatic heterocycles. The van der Waals surface area contributed by atoms with E-state index in [2.05, 4.69) is 63.8 Å². The van der Waals surface area contributed by atoms with Crippen molar-refractivity contribution in [2.45, 2.75) is 19.4 Å². The molecule has 0 fully saturated rings. The van der Waals surface area contributed by atoms with Crippen LogP contribution in [0.5, 0.6) is 5.75 Å². The third kappa shape index (κ3) is 4.82. The van der Waals surface area contributed by atoms with Gasteiger partial charge in [-0.1, -0.05) is 42.0 Å². The largest absolute Gasteiger partial charge is 0.487 e. The lowest BCUT2D eigenvalue weighted by molar-refractivity contribution is 0.302. The standard InChI is InChI=1S/C28H28ClN3O/c1-30-23-10-11-28-26(18-23)24(25-4-2-14-31-27(25)19-33-28)5-3-15-32-16-12-21(13-17-32)20-6-8-22(29)9-7-20/h2,4-12,14,18,30H,3,13,15-17,19H2,1H3. The second kappa shape index (κ2) is 9.82. The second-order valence-electron chi connectivity index (χ2n) is 8.44. The van der Waals surface area contributed by atoms with E-state index in [1.54, 1.807) is 0 Å². The summed E-state index contributed by atoms with van der Waals surface area (Å²) in [4.78, 5) is 7.10. The van der Waals surface area contributed by atoms with Crippen molar-refractivity contribution in [3.8, 4) is 5.75 Å². The minimum atomic E-state index is 0.490. The Balaban J connectivity index is 1.34. The van der Waals surface area contributed by atoms with Gasteiger partial charge in [0.15, 0.2) is 0 Å². The summed E-state index contributed by atoms with van der Waals surface area (Å²) in [5.41, 5.74) is 8.24. The third-order valence-corrected chi connectivity index (χ3v) is 6.66. The van der Waals surface area contributed by atoms with Crippen molar-refractivity contribution in [1.82, 2.24) is 9.88 Å². The molecule has 2 aromatic carbocycles. The van der Waals surface area contributed by atoms with E-state index >= 15 is 0 Å². The molecule has 0 bridgehead atoms. The summed E-state index contributed by atoms with van der Waals surface area (Å²) in [6, 6.07) is 18.6. The highest BCUT2D eigenvalue weighted by Gasteiger charge is 2.20. The van der Waals surface area contributed by atoms with Crippen LogP contribution in [0.25, 0.3) is 11.1 Å². The number of ether oxygens (including phenoxy) is 1. The SMILES string of the molecule is CNc1ccc2c(c1)C(=CCCN1CC=C(c3ccc(Cl)cc3)CC1)c1cccnc1CO2. The molecule has 33 heavy (non-hydrogen) atoms. The van der Waals surface area contributed by atoms with Crippen LogP contribution in [0.3, 0.4) is 0 Å². The van der Waals surface area contributed by atoms with Crippen LogP contribution in [0.4, 0.5) is 5.69 Å². The first-order chi connectivity index (χ1) is 16.2. The number of aromatic nitrogens is 1. The Morgan fingerprint density at radius 1 is 1.12 bits per heavy atom. The number of hydrogen-bond donors (Lipinski definition) is 1. The number of hydrogen-bond acceptors (Lipinski definition) is 4. The molecule has 5 heteroatoms. The average molecular weight is 458 g/mol. The summed E-state index contributed by atoms with van der Waals surface area (Å²) < 4.78 is 6.10. The Morgan fingerprint density at radius 3 is 2.79 bits per heavy atom. The predicted octanol–water partition coefficient (Wildman–Crippen LogP) is 6.28. The molecule has 4 nitrogen and oxygen atoms in total. The van der Waals surface area contributed by atoms with Crippen molar-refractivity contribution in [3.05, 3.63) is 100 Å². The van der Waals surface area contributed by atoms with Crippen molar-refractivity contribution in [2.24, 2.45) is 0 Å². The Bertz CT molecular complexity index is 1200. The van der Waals surface area contributed by atoms with Crippen LogP contribution in [-0.2, 0) is 6.61 Å². The number of fused-ring (bicyclic) bond motifs is 2. The molecule has 5 rings (SSSR count). The zero-order valence-corrected chi connectivity index (χ0v) is 19.6. The summed E-state index contributed by atoms with van der Waals surface area (Å²) in [6.07, 6.45) is 8.58. The van der Waals surface area contributed by atoms with Gasteiger partial charge in [-0.25, -0.2) is 0 Å². The number of anilines is 1. The van der Waals surface area contributed by atoms with Gasteiger partial charge in [0.05, 0.1) is 5.69 Å². The van der Waals surface area contributed by atoms with Gasteiger partial charge in [0, 0.05) is 54.7 Å². The van der Waals surface area contributed by atoms with E-state index in [-0.39, 0.29) is 0 Å². The summed E-state index contributed by atoms with van der Waals surface area (Å²) in [7, 11) is 1.94. The maximum Gasteiger partial charge on any atom is 0.131 e. The van der Waals surface area contributed by atoms with Gasteiger partial charge in [0.25, 0.3) is 0 Å². The van der Waals surface area contributed by atoms with E-state index in [1.165, 1.54) is 16.7 Å². The Labute approximate surface area is 200 Å². The van der Waals surface area contributed by atoms with Gasteiger partial charge in [0.1, 0.15) is 12.4 Å². The second-order valence-corrected chi connectivity index (χ2v) is 8.88. The maximum absolute atomic E-state index is 6.10. The van der Waals surface area contributed by atoms with E-state index in [0.717, 1.165) is 65.8 Å². The molecule has 0 saturated heterocycles. The molecule has 0 aliphatic carbocycles. The van der Waals surface area contributed by atoms with Gasteiger partial charge < -0.3 is 10.1 Å².